The van der Waals surface area contributed by atoms with E-state index >= 15 is 0 Å². The monoisotopic (exact) mass is 445 g/mol. The van der Waals surface area contributed by atoms with Crippen molar-refractivity contribution < 1.29 is 23.0 Å². The summed E-state index contributed by atoms with van der Waals surface area (Å²) in [5.41, 5.74) is 1.70. The number of ether oxygens (including phenoxy) is 1. The van der Waals surface area contributed by atoms with Crippen molar-refractivity contribution in [2.45, 2.75) is 38.4 Å². The third-order valence-corrected chi connectivity index (χ3v) is 5.26. The molecular weight excluding hydrogens is 423 g/mol. The molecule has 3 N–H and O–H groups in total. The maximum atomic E-state index is 12.6. The maximum absolute atomic E-state index is 12.6. The molecule has 2 heterocycles. The van der Waals surface area contributed by atoms with Crippen LogP contribution in [0.2, 0.25) is 5.15 Å². The van der Waals surface area contributed by atoms with Crippen molar-refractivity contribution in [2.24, 2.45) is 5.92 Å². The first-order valence-corrected chi connectivity index (χ1v) is 9.85. The predicted octanol–water partition coefficient (Wildman–Crippen LogP) is 4.06. The first kappa shape index (κ1) is 22.4. The Morgan fingerprint density at radius 2 is 2.00 bits per heavy atom. The zero-order chi connectivity index (χ0) is 21.9. The van der Waals surface area contributed by atoms with Gasteiger partial charge in [0.1, 0.15) is 17.5 Å². The quantitative estimate of drug-likeness (QED) is 0.553. The van der Waals surface area contributed by atoms with E-state index < -0.39 is 12.7 Å². The highest BCUT2D eigenvalue weighted by molar-refractivity contribution is 6.32. The number of rotatable bonds is 7. The Kier molecular flexibility index (Phi) is 6.87. The van der Waals surface area contributed by atoms with Gasteiger partial charge in [0.05, 0.1) is 12.7 Å². The molecule has 1 aliphatic rings. The smallest absolute Gasteiger partial charge is 0.405 e. The summed E-state index contributed by atoms with van der Waals surface area (Å²) in [5.74, 6) is 0.695. The van der Waals surface area contributed by atoms with Crippen molar-refractivity contribution in [3.63, 3.8) is 0 Å². The molecule has 30 heavy (non-hydrogen) atoms. The molecule has 0 bridgehead atoms. The first-order valence-electron chi connectivity index (χ1n) is 9.47. The second-order valence-corrected chi connectivity index (χ2v) is 7.58. The lowest BCUT2D eigenvalue weighted by atomic mass is 10.1. The lowest BCUT2D eigenvalue weighted by Gasteiger charge is -2.20. The van der Waals surface area contributed by atoms with E-state index in [-0.39, 0.29) is 29.7 Å². The van der Waals surface area contributed by atoms with Gasteiger partial charge in [0.15, 0.2) is 0 Å². The standard InChI is InChI=1S/C19H23ClF3N5O2/c1-10-13(5-6-14(25-10)30-2)15-16(20)27-18(24-9-19(21,22)23)28-17(15)26-12-4-3-11(7-12)8-29/h5-6,11-12,29H,3-4,7-9H2,1-2H3,(H2,24,26,27,28)/t11-,12+/m1/s1. The van der Waals surface area contributed by atoms with Crippen LogP contribution < -0.4 is 15.4 Å². The van der Waals surface area contributed by atoms with Crippen LogP contribution >= 0.6 is 11.6 Å². The number of hydrogen-bond acceptors (Lipinski definition) is 7. The minimum absolute atomic E-state index is 0.00365. The number of halogens is 4. The number of hydrogen-bond donors (Lipinski definition) is 3. The van der Waals surface area contributed by atoms with Gasteiger partial charge in [-0.05, 0) is 38.2 Å². The van der Waals surface area contributed by atoms with Crippen molar-refractivity contribution in [1.82, 2.24) is 15.0 Å². The second kappa shape index (κ2) is 9.22. The van der Waals surface area contributed by atoms with E-state index in [4.69, 9.17) is 16.3 Å². The number of aromatic nitrogens is 3. The Morgan fingerprint density at radius 3 is 2.60 bits per heavy atom. The van der Waals surface area contributed by atoms with Gasteiger partial charge in [-0.1, -0.05) is 11.6 Å². The molecule has 11 heteroatoms. The molecule has 1 aliphatic carbocycles. The largest absolute Gasteiger partial charge is 0.481 e. The van der Waals surface area contributed by atoms with Crippen LogP contribution in [-0.4, -0.2) is 52.5 Å². The summed E-state index contributed by atoms with van der Waals surface area (Å²) in [5, 5.41) is 14.8. The van der Waals surface area contributed by atoms with Gasteiger partial charge in [0.25, 0.3) is 0 Å². The van der Waals surface area contributed by atoms with Crippen LogP contribution in [0, 0.1) is 12.8 Å². The number of alkyl halides is 3. The summed E-state index contributed by atoms with van der Waals surface area (Å²) < 4.78 is 43.0. The fourth-order valence-electron chi connectivity index (χ4n) is 3.52. The molecule has 0 unspecified atom stereocenters. The van der Waals surface area contributed by atoms with Crippen LogP contribution in [-0.2, 0) is 0 Å². The van der Waals surface area contributed by atoms with E-state index in [0.29, 0.717) is 28.5 Å². The molecule has 3 rings (SSSR count). The number of methoxy groups -OCH3 is 1. The van der Waals surface area contributed by atoms with E-state index in [2.05, 4.69) is 25.6 Å². The van der Waals surface area contributed by atoms with Crippen molar-refractivity contribution >= 4 is 23.4 Å². The molecule has 7 nitrogen and oxygen atoms in total. The van der Waals surface area contributed by atoms with E-state index in [9.17, 15) is 18.3 Å². The summed E-state index contributed by atoms with van der Waals surface area (Å²) >= 11 is 6.39. The highest BCUT2D eigenvalue weighted by atomic mass is 35.5. The fraction of sp³-hybridized carbons (Fsp3) is 0.526. The molecule has 0 aromatic carbocycles. The van der Waals surface area contributed by atoms with E-state index in [0.717, 1.165) is 19.3 Å². The van der Waals surface area contributed by atoms with Crippen molar-refractivity contribution in [2.75, 3.05) is 30.9 Å². The number of aliphatic hydroxyl groups is 1. The van der Waals surface area contributed by atoms with Gasteiger partial charge in [-0.15, -0.1) is 0 Å². The molecule has 0 aliphatic heterocycles. The topological polar surface area (TPSA) is 92.2 Å². The fourth-order valence-corrected chi connectivity index (χ4v) is 3.79. The summed E-state index contributed by atoms with van der Waals surface area (Å²) in [6.07, 6.45) is -2.04. The van der Waals surface area contributed by atoms with Gasteiger partial charge in [-0.25, -0.2) is 9.97 Å². The normalized spacial score (nSPS) is 19.0. The Morgan fingerprint density at radius 1 is 1.23 bits per heavy atom. The van der Waals surface area contributed by atoms with Crippen LogP contribution in [0.1, 0.15) is 25.0 Å². The van der Waals surface area contributed by atoms with Gasteiger partial charge in [-0.2, -0.15) is 18.2 Å². The third kappa shape index (κ3) is 5.42. The number of nitrogens with one attached hydrogen (secondary N) is 2. The highest BCUT2D eigenvalue weighted by Crippen LogP contribution is 2.38. The van der Waals surface area contributed by atoms with Crippen molar-refractivity contribution in [1.29, 1.82) is 0 Å². The number of pyridine rings is 1. The molecule has 0 amide bonds. The van der Waals surface area contributed by atoms with Gasteiger partial charge >= 0.3 is 6.18 Å². The Balaban J connectivity index is 1.99. The molecule has 0 spiro atoms. The van der Waals surface area contributed by atoms with Gasteiger partial charge in [-0.3, -0.25) is 0 Å². The van der Waals surface area contributed by atoms with Gasteiger partial charge in [0.2, 0.25) is 11.8 Å². The molecule has 2 atom stereocenters. The Labute approximate surface area is 177 Å². The van der Waals surface area contributed by atoms with Crippen LogP contribution in [0.15, 0.2) is 12.1 Å². The van der Waals surface area contributed by atoms with Crippen LogP contribution in [0.4, 0.5) is 24.9 Å². The number of nitrogens with zero attached hydrogens (tertiary/aromatic N) is 3. The van der Waals surface area contributed by atoms with E-state index in [1.165, 1.54) is 7.11 Å². The summed E-state index contributed by atoms with van der Waals surface area (Å²) in [7, 11) is 1.50. The zero-order valence-corrected chi connectivity index (χ0v) is 17.3. The SMILES string of the molecule is COc1ccc(-c2c(Cl)nc(NCC(F)(F)F)nc2N[C@H]2CC[C@@H](CO)C2)c(C)n1. The van der Waals surface area contributed by atoms with Gasteiger partial charge < -0.3 is 20.5 Å². The lowest BCUT2D eigenvalue weighted by Crippen LogP contribution is -2.23. The number of anilines is 2. The molecule has 164 valence electrons. The van der Waals surface area contributed by atoms with Crippen LogP contribution in [0.3, 0.4) is 0 Å². The molecular formula is C19H23ClF3N5O2. The predicted molar refractivity (Wildman–Crippen MR) is 108 cm³/mol. The Bertz CT molecular complexity index is 897. The summed E-state index contributed by atoms with van der Waals surface area (Å²) in [4.78, 5) is 12.6. The third-order valence-electron chi connectivity index (χ3n) is 4.99. The minimum Gasteiger partial charge on any atom is -0.481 e. The summed E-state index contributed by atoms with van der Waals surface area (Å²) in [6.45, 7) is 0.585. The molecule has 2 aromatic rings. The van der Waals surface area contributed by atoms with Crippen molar-refractivity contribution in [3.05, 3.63) is 23.0 Å². The van der Waals surface area contributed by atoms with Gasteiger partial charge in [0, 0.05) is 30.0 Å². The zero-order valence-electron chi connectivity index (χ0n) is 16.6. The molecule has 0 saturated heterocycles. The number of aryl methyl sites for hydroxylation is 1. The minimum atomic E-state index is -4.42. The first-order chi connectivity index (χ1) is 14.2. The maximum Gasteiger partial charge on any atom is 0.405 e. The summed E-state index contributed by atoms with van der Waals surface area (Å²) in [6, 6.07) is 3.43. The Hall–Kier alpha value is -2.33. The molecule has 1 fully saturated rings. The molecule has 1 saturated carbocycles. The van der Waals surface area contributed by atoms with E-state index in [1.54, 1.807) is 19.1 Å². The van der Waals surface area contributed by atoms with E-state index in [1.807, 2.05) is 0 Å². The molecule has 0 radical (unpaired) electrons. The lowest BCUT2D eigenvalue weighted by molar-refractivity contribution is -0.115. The van der Waals surface area contributed by atoms with Crippen LogP contribution in [0.5, 0.6) is 5.88 Å². The van der Waals surface area contributed by atoms with Crippen molar-refractivity contribution in [3.8, 4) is 17.0 Å². The average molecular weight is 446 g/mol. The molecule has 2 aromatic heterocycles. The number of aliphatic hydroxyl groups excluding tert-OH is 1. The highest BCUT2D eigenvalue weighted by Gasteiger charge is 2.29. The second-order valence-electron chi connectivity index (χ2n) is 7.22. The average Bonchev–Trinajstić information content (AvgIpc) is 3.14. The van der Waals surface area contributed by atoms with Crippen LogP contribution in [0.25, 0.3) is 11.1 Å².